The zero-order valence-electron chi connectivity index (χ0n) is 10.6. The van der Waals surface area contributed by atoms with Gasteiger partial charge in [0.1, 0.15) is 12.4 Å². The lowest BCUT2D eigenvalue weighted by Gasteiger charge is -2.30. The number of fused-ring (bicyclic) bond motifs is 1. The number of ether oxygens (including phenoxy) is 3. The van der Waals surface area contributed by atoms with Gasteiger partial charge in [0, 0.05) is 19.2 Å². The number of hydrogen-bond acceptors (Lipinski definition) is 4. The predicted octanol–water partition coefficient (Wildman–Crippen LogP) is 1.21. The van der Waals surface area contributed by atoms with Gasteiger partial charge in [-0.15, -0.1) is 0 Å². The maximum Gasteiger partial charge on any atom is 0.317 e. The third-order valence-corrected chi connectivity index (χ3v) is 3.13. The summed E-state index contributed by atoms with van der Waals surface area (Å²) in [5.41, 5.74) is 0. The molecule has 0 atom stereocenters. The molecule has 1 aromatic rings. The summed E-state index contributed by atoms with van der Waals surface area (Å²) in [6.07, 6.45) is 1.10. The number of nitrogens with one attached hydrogen (secondary N) is 1. The van der Waals surface area contributed by atoms with Crippen LogP contribution in [0.15, 0.2) is 18.2 Å². The quantitative estimate of drug-likeness (QED) is 0.830. The highest BCUT2D eigenvalue weighted by Gasteiger charge is 2.19. The van der Waals surface area contributed by atoms with Crippen LogP contribution in [0.2, 0.25) is 0 Å². The second-order valence-corrected chi connectivity index (χ2v) is 4.44. The fourth-order valence-electron chi connectivity index (χ4n) is 1.92. The van der Waals surface area contributed by atoms with Gasteiger partial charge in [0.25, 0.3) is 0 Å². The lowest BCUT2D eigenvalue weighted by Crippen LogP contribution is -2.48. The van der Waals surface area contributed by atoms with Crippen molar-refractivity contribution in [3.8, 4) is 17.2 Å². The average Bonchev–Trinajstić information content (AvgIpc) is 2.79. The van der Waals surface area contributed by atoms with Gasteiger partial charge in [0.2, 0.25) is 6.79 Å². The van der Waals surface area contributed by atoms with E-state index in [2.05, 4.69) is 5.32 Å². The third-order valence-electron chi connectivity index (χ3n) is 3.13. The molecule has 6 nitrogen and oxygen atoms in total. The molecule has 1 saturated heterocycles. The van der Waals surface area contributed by atoms with Crippen LogP contribution in [0, 0.1) is 0 Å². The van der Waals surface area contributed by atoms with Crippen LogP contribution >= 0.6 is 0 Å². The second kappa shape index (κ2) is 5.26. The predicted molar refractivity (Wildman–Crippen MR) is 67.6 cm³/mol. The normalized spacial score (nSPS) is 15.9. The van der Waals surface area contributed by atoms with Gasteiger partial charge in [-0.25, -0.2) is 4.79 Å². The van der Waals surface area contributed by atoms with E-state index in [-0.39, 0.29) is 12.8 Å². The van der Waals surface area contributed by atoms with Crippen molar-refractivity contribution in [3.63, 3.8) is 0 Å². The average molecular weight is 264 g/mol. The molecule has 1 N–H and O–H groups in total. The summed E-state index contributed by atoms with van der Waals surface area (Å²) in [6, 6.07) is 5.42. The first-order valence-electron chi connectivity index (χ1n) is 6.38. The fourth-order valence-corrected chi connectivity index (χ4v) is 1.92. The van der Waals surface area contributed by atoms with E-state index in [1.165, 1.54) is 0 Å². The molecule has 1 aromatic carbocycles. The first-order valence-corrected chi connectivity index (χ1v) is 6.38. The first kappa shape index (κ1) is 12.0. The van der Waals surface area contributed by atoms with E-state index in [1.54, 1.807) is 11.0 Å². The van der Waals surface area contributed by atoms with Crippen molar-refractivity contribution in [2.45, 2.75) is 6.42 Å². The van der Waals surface area contributed by atoms with Crippen molar-refractivity contribution < 1.29 is 19.0 Å². The molecule has 0 saturated carbocycles. The molecule has 102 valence electrons. The Morgan fingerprint density at radius 1 is 1.32 bits per heavy atom. The molecule has 19 heavy (non-hydrogen) atoms. The molecule has 0 radical (unpaired) electrons. The van der Waals surface area contributed by atoms with Crippen molar-refractivity contribution in [2.24, 2.45) is 0 Å². The van der Waals surface area contributed by atoms with Gasteiger partial charge in [-0.1, -0.05) is 0 Å². The fraction of sp³-hybridized carbons (Fsp3) is 0.462. The maximum atomic E-state index is 11.5. The summed E-state index contributed by atoms with van der Waals surface area (Å²) < 4.78 is 16.0. The summed E-state index contributed by atoms with van der Waals surface area (Å²) >= 11 is 0. The maximum absolute atomic E-state index is 11.5. The third kappa shape index (κ3) is 2.67. The molecule has 2 amide bonds. The van der Waals surface area contributed by atoms with E-state index in [9.17, 15) is 4.79 Å². The summed E-state index contributed by atoms with van der Waals surface area (Å²) in [5, 5.41) is 2.81. The molecule has 2 aliphatic heterocycles. The monoisotopic (exact) mass is 264 g/mol. The molecule has 6 heteroatoms. The number of likely N-dealkylation sites (tertiary alicyclic amines) is 1. The minimum atomic E-state index is -0.0134. The van der Waals surface area contributed by atoms with Crippen LogP contribution in [0.3, 0.4) is 0 Å². The van der Waals surface area contributed by atoms with E-state index in [0.717, 1.165) is 25.3 Å². The molecule has 0 unspecified atom stereocenters. The Balaban J connectivity index is 1.41. The minimum absolute atomic E-state index is 0.0134. The molecule has 0 spiro atoms. The molecule has 0 aliphatic carbocycles. The van der Waals surface area contributed by atoms with E-state index in [4.69, 9.17) is 14.2 Å². The zero-order valence-corrected chi connectivity index (χ0v) is 10.6. The topological polar surface area (TPSA) is 60.0 Å². The SMILES string of the molecule is O=C(NCCOc1ccc2c(c1)OCO2)N1CCC1. The Morgan fingerprint density at radius 2 is 2.16 bits per heavy atom. The second-order valence-electron chi connectivity index (χ2n) is 4.44. The van der Waals surface area contributed by atoms with E-state index < -0.39 is 0 Å². The van der Waals surface area contributed by atoms with E-state index in [0.29, 0.717) is 24.7 Å². The Morgan fingerprint density at radius 3 is 2.95 bits per heavy atom. The largest absolute Gasteiger partial charge is 0.492 e. The van der Waals surface area contributed by atoms with Gasteiger partial charge in [0.05, 0.1) is 6.54 Å². The number of nitrogens with zero attached hydrogens (tertiary/aromatic N) is 1. The van der Waals surface area contributed by atoms with Crippen LogP contribution in [0.4, 0.5) is 4.79 Å². The number of urea groups is 1. The summed E-state index contributed by atoms with van der Waals surface area (Å²) in [4.78, 5) is 13.3. The van der Waals surface area contributed by atoms with Gasteiger partial charge in [-0.3, -0.25) is 0 Å². The molecule has 0 aromatic heterocycles. The van der Waals surface area contributed by atoms with Crippen molar-refractivity contribution >= 4 is 6.03 Å². The van der Waals surface area contributed by atoms with Crippen LogP contribution in [0.25, 0.3) is 0 Å². The Hall–Kier alpha value is -2.11. The Kier molecular flexibility index (Phi) is 3.31. The first-order chi connectivity index (χ1) is 9.33. The number of rotatable bonds is 4. The van der Waals surface area contributed by atoms with Crippen molar-refractivity contribution in [1.29, 1.82) is 0 Å². The minimum Gasteiger partial charge on any atom is -0.492 e. The highest BCUT2D eigenvalue weighted by molar-refractivity contribution is 5.74. The van der Waals surface area contributed by atoms with E-state index >= 15 is 0 Å². The molecule has 1 fully saturated rings. The Bertz CT molecular complexity index is 474. The van der Waals surface area contributed by atoms with Crippen LogP contribution in [0.5, 0.6) is 17.2 Å². The molecular weight excluding hydrogens is 248 g/mol. The molecule has 2 heterocycles. The zero-order chi connectivity index (χ0) is 13.1. The number of benzene rings is 1. The Labute approximate surface area is 111 Å². The highest BCUT2D eigenvalue weighted by Crippen LogP contribution is 2.34. The summed E-state index contributed by atoms with van der Waals surface area (Å²) in [7, 11) is 0. The molecule has 3 rings (SSSR count). The number of carbonyl (C=O) groups is 1. The van der Waals surface area contributed by atoms with Gasteiger partial charge >= 0.3 is 6.03 Å². The number of amides is 2. The van der Waals surface area contributed by atoms with Crippen LogP contribution < -0.4 is 19.5 Å². The van der Waals surface area contributed by atoms with Crippen LogP contribution in [0.1, 0.15) is 6.42 Å². The van der Waals surface area contributed by atoms with Crippen LogP contribution in [-0.2, 0) is 0 Å². The van der Waals surface area contributed by atoms with Crippen molar-refractivity contribution in [1.82, 2.24) is 10.2 Å². The lowest BCUT2D eigenvalue weighted by molar-refractivity contribution is 0.165. The standard InChI is InChI=1S/C13H16N2O4/c16-13(15-5-1-6-15)14-4-7-17-10-2-3-11-12(8-10)19-9-18-11/h2-3,8H,1,4-7,9H2,(H,14,16). The summed E-state index contributed by atoms with van der Waals surface area (Å²) in [6.45, 7) is 2.89. The van der Waals surface area contributed by atoms with Gasteiger partial charge in [0.15, 0.2) is 11.5 Å². The molecule has 2 aliphatic rings. The molecular formula is C13H16N2O4. The van der Waals surface area contributed by atoms with Crippen molar-refractivity contribution in [3.05, 3.63) is 18.2 Å². The highest BCUT2D eigenvalue weighted by atomic mass is 16.7. The van der Waals surface area contributed by atoms with Gasteiger partial charge in [-0.2, -0.15) is 0 Å². The van der Waals surface area contributed by atoms with Gasteiger partial charge in [-0.05, 0) is 18.6 Å². The van der Waals surface area contributed by atoms with E-state index in [1.807, 2.05) is 12.1 Å². The lowest BCUT2D eigenvalue weighted by atomic mass is 10.2. The smallest absolute Gasteiger partial charge is 0.317 e. The molecule has 0 bridgehead atoms. The number of carbonyl (C=O) groups excluding carboxylic acids is 1. The van der Waals surface area contributed by atoms with Gasteiger partial charge < -0.3 is 24.4 Å². The summed E-state index contributed by atoms with van der Waals surface area (Å²) in [5.74, 6) is 2.14. The van der Waals surface area contributed by atoms with Crippen molar-refractivity contribution in [2.75, 3.05) is 33.0 Å². The number of hydrogen-bond donors (Lipinski definition) is 1. The van der Waals surface area contributed by atoms with Crippen LogP contribution in [-0.4, -0.2) is 44.0 Å².